The SMILES string of the molecule is N#Cc1c(-n2c3ccccc3c3cccnc32)cc(-c2nc(-c3ccccc3)nc(-c3ccccc3)n2)cc1-n1c2ccccc2c2cccnc21. The van der Waals surface area contributed by atoms with Gasteiger partial charge in [0.1, 0.15) is 22.9 Å². The molecular formula is C44H26N8. The van der Waals surface area contributed by atoms with Crippen LogP contribution in [0, 0.1) is 11.3 Å². The molecule has 0 radical (unpaired) electrons. The first-order valence-corrected chi connectivity index (χ1v) is 16.9. The zero-order chi connectivity index (χ0) is 34.6. The molecular weight excluding hydrogens is 641 g/mol. The summed E-state index contributed by atoms with van der Waals surface area (Å²) in [7, 11) is 0. The lowest BCUT2D eigenvalue weighted by molar-refractivity contribution is 1.06. The lowest BCUT2D eigenvalue weighted by Crippen LogP contribution is -2.07. The van der Waals surface area contributed by atoms with E-state index in [-0.39, 0.29) is 0 Å². The summed E-state index contributed by atoms with van der Waals surface area (Å²) in [6.45, 7) is 0. The van der Waals surface area contributed by atoms with Crippen molar-refractivity contribution in [3.05, 3.63) is 164 Å². The van der Waals surface area contributed by atoms with E-state index in [4.69, 9.17) is 24.9 Å². The second-order valence-electron chi connectivity index (χ2n) is 12.5. The van der Waals surface area contributed by atoms with Crippen LogP contribution in [0.5, 0.6) is 0 Å². The van der Waals surface area contributed by atoms with Crippen LogP contribution in [0.3, 0.4) is 0 Å². The van der Waals surface area contributed by atoms with Crippen molar-refractivity contribution in [3.8, 4) is 51.6 Å². The van der Waals surface area contributed by atoms with Crippen molar-refractivity contribution in [2.45, 2.75) is 0 Å². The van der Waals surface area contributed by atoms with Crippen LogP contribution in [0.2, 0.25) is 0 Å². The van der Waals surface area contributed by atoms with E-state index in [2.05, 4.69) is 51.6 Å². The second-order valence-corrected chi connectivity index (χ2v) is 12.5. The number of rotatable bonds is 5. The summed E-state index contributed by atoms with van der Waals surface area (Å²) in [4.78, 5) is 24.9. The van der Waals surface area contributed by atoms with E-state index < -0.39 is 0 Å². The second kappa shape index (κ2) is 11.8. The molecule has 8 nitrogen and oxygen atoms in total. The van der Waals surface area contributed by atoms with Gasteiger partial charge >= 0.3 is 0 Å². The van der Waals surface area contributed by atoms with E-state index in [1.54, 1.807) is 12.4 Å². The summed E-state index contributed by atoms with van der Waals surface area (Å²) in [5.74, 6) is 1.57. The monoisotopic (exact) mass is 666 g/mol. The van der Waals surface area contributed by atoms with E-state index in [0.29, 0.717) is 40.0 Å². The van der Waals surface area contributed by atoms with Gasteiger partial charge in [-0.1, -0.05) is 97.1 Å². The van der Waals surface area contributed by atoms with Gasteiger partial charge in [-0.3, -0.25) is 9.13 Å². The summed E-state index contributed by atoms with van der Waals surface area (Å²) in [5.41, 5.74) is 7.59. The van der Waals surface area contributed by atoms with Crippen LogP contribution in [0.15, 0.2) is 158 Å². The molecule has 0 saturated heterocycles. The van der Waals surface area contributed by atoms with Gasteiger partial charge in [0.15, 0.2) is 17.5 Å². The number of para-hydroxylation sites is 2. The molecule has 0 amide bonds. The van der Waals surface area contributed by atoms with Gasteiger partial charge in [-0.2, -0.15) is 5.26 Å². The Morgan fingerprint density at radius 2 is 0.827 bits per heavy atom. The van der Waals surface area contributed by atoms with Crippen LogP contribution < -0.4 is 0 Å². The van der Waals surface area contributed by atoms with Crippen molar-refractivity contribution in [3.63, 3.8) is 0 Å². The fourth-order valence-electron chi connectivity index (χ4n) is 7.23. The highest BCUT2D eigenvalue weighted by molar-refractivity contribution is 6.09. The number of hydrogen-bond donors (Lipinski definition) is 0. The average Bonchev–Trinajstić information content (AvgIpc) is 3.74. The van der Waals surface area contributed by atoms with Gasteiger partial charge in [-0.25, -0.2) is 24.9 Å². The van der Waals surface area contributed by atoms with E-state index in [0.717, 1.165) is 55.0 Å². The Balaban J connectivity index is 1.36. The smallest absolute Gasteiger partial charge is 0.164 e. The number of pyridine rings is 2. The molecule has 0 bridgehead atoms. The van der Waals surface area contributed by atoms with Crippen molar-refractivity contribution in [2.24, 2.45) is 0 Å². The number of benzene rings is 5. The molecule has 0 unspecified atom stereocenters. The van der Waals surface area contributed by atoms with Crippen molar-refractivity contribution >= 4 is 43.9 Å². The highest BCUT2D eigenvalue weighted by Crippen LogP contribution is 2.39. The maximum absolute atomic E-state index is 11.2. The van der Waals surface area contributed by atoms with E-state index >= 15 is 0 Å². The van der Waals surface area contributed by atoms with Crippen LogP contribution in [0.4, 0.5) is 0 Å². The lowest BCUT2D eigenvalue weighted by atomic mass is 10.0. The first-order valence-electron chi connectivity index (χ1n) is 16.9. The first-order chi connectivity index (χ1) is 25.8. The molecule has 0 aliphatic heterocycles. The quantitative estimate of drug-likeness (QED) is 0.181. The highest BCUT2D eigenvalue weighted by atomic mass is 15.1. The summed E-state index contributed by atoms with van der Waals surface area (Å²) < 4.78 is 4.16. The number of nitrogens with zero attached hydrogens (tertiary/aromatic N) is 8. The topological polar surface area (TPSA) is 98.1 Å². The third-order valence-corrected chi connectivity index (χ3v) is 9.52. The molecule has 10 aromatic rings. The molecule has 0 saturated carbocycles. The standard InChI is InChI=1S/C44H26N8/c45-27-35-38(51-36-21-9-7-17-31(36)33-19-11-23-46-43(33)51)25-30(26-39(35)52-37-22-10-8-18-32(37)34-20-12-24-47-44(34)52)42-49-40(28-13-3-1-4-14-28)48-41(50-42)29-15-5-2-6-16-29/h1-26H. The van der Waals surface area contributed by atoms with Crippen LogP contribution >= 0.6 is 0 Å². The zero-order valence-electron chi connectivity index (χ0n) is 27.6. The minimum absolute atomic E-state index is 0.464. The number of nitriles is 1. The Morgan fingerprint density at radius 3 is 1.29 bits per heavy atom. The zero-order valence-corrected chi connectivity index (χ0v) is 27.6. The van der Waals surface area contributed by atoms with Crippen molar-refractivity contribution in [1.82, 2.24) is 34.1 Å². The summed E-state index contributed by atoms with van der Waals surface area (Å²) in [6, 6.07) is 50.9. The van der Waals surface area contributed by atoms with E-state index in [1.807, 2.05) is 109 Å². The van der Waals surface area contributed by atoms with Crippen LogP contribution in [-0.2, 0) is 0 Å². The molecule has 0 fully saturated rings. The fraction of sp³-hybridized carbons (Fsp3) is 0. The van der Waals surface area contributed by atoms with E-state index in [1.165, 1.54) is 0 Å². The molecule has 0 N–H and O–H groups in total. The summed E-state index contributed by atoms with van der Waals surface area (Å²) >= 11 is 0. The minimum atomic E-state index is 0.464. The molecule has 5 aromatic heterocycles. The minimum Gasteiger partial charge on any atom is -0.292 e. The van der Waals surface area contributed by atoms with Gasteiger partial charge in [-0.15, -0.1) is 0 Å². The molecule has 0 spiro atoms. The van der Waals surface area contributed by atoms with Gasteiger partial charge in [0.05, 0.1) is 22.4 Å². The largest absolute Gasteiger partial charge is 0.292 e. The van der Waals surface area contributed by atoms with Gasteiger partial charge in [0, 0.05) is 50.6 Å². The molecule has 10 rings (SSSR count). The van der Waals surface area contributed by atoms with Gasteiger partial charge in [-0.05, 0) is 48.5 Å². The van der Waals surface area contributed by atoms with Gasteiger partial charge in [0.25, 0.3) is 0 Å². The predicted octanol–water partition coefficient (Wildman–Crippen LogP) is 9.73. The molecule has 5 aromatic carbocycles. The number of fused-ring (bicyclic) bond motifs is 6. The number of aromatic nitrogens is 7. The van der Waals surface area contributed by atoms with Crippen molar-refractivity contribution in [2.75, 3.05) is 0 Å². The molecule has 0 atom stereocenters. The molecule has 0 aliphatic carbocycles. The van der Waals surface area contributed by atoms with E-state index in [9.17, 15) is 5.26 Å². The first kappa shape index (κ1) is 29.4. The van der Waals surface area contributed by atoms with Crippen LogP contribution in [0.1, 0.15) is 5.56 Å². The fourth-order valence-corrected chi connectivity index (χ4v) is 7.23. The maximum Gasteiger partial charge on any atom is 0.164 e. The Morgan fingerprint density at radius 1 is 0.423 bits per heavy atom. The Labute approximate surface area is 297 Å². The predicted molar refractivity (Wildman–Crippen MR) is 205 cm³/mol. The van der Waals surface area contributed by atoms with Crippen LogP contribution in [-0.4, -0.2) is 34.1 Å². The average molecular weight is 667 g/mol. The van der Waals surface area contributed by atoms with Crippen molar-refractivity contribution in [1.29, 1.82) is 5.26 Å². The van der Waals surface area contributed by atoms with Gasteiger partial charge < -0.3 is 0 Å². The normalized spacial score (nSPS) is 11.4. The molecule has 0 aliphatic rings. The number of hydrogen-bond acceptors (Lipinski definition) is 6. The third-order valence-electron chi connectivity index (χ3n) is 9.52. The Kier molecular flexibility index (Phi) is 6.69. The third kappa shape index (κ3) is 4.57. The summed E-state index contributed by atoms with van der Waals surface area (Å²) in [6.07, 6.45) is 3.57. The lowest BCUT2D eigenvalue weighted by Gasteiger charge is -2.17. The highest BCUT2D eigenvalue weighted by Gasteiger charge is 2.24. The Bertz CT molecular complexity index is 2730. The molecule has 5 heterocycles. The van der Waals surface area contributed by atoms with Crippen molar-refractivity contribution < 1.29 is 0 Å². The molecule has 8 heteroatoms. The van der Waals surface area contributed by atoms with Gasteiger partial charge in [0.2, 0.25) is 0 Å². The molecule has 52 heavy (non-hydrogen) atoms. The molecule has 242 valence electrons. The van der Waals surface area contributed by atoms with Crippen LogP contribution in [0.25, 0.3) is 89.4 Å². The summed E-state index contributed by atoms with van der Waals surface area (Å²) in [5, 5.41) is 15.2. The maximum atomic E-state index is 11.2. The Hall–Kier alpha value is -7.50.